The lowest BCUT2D eigenvalue weighted by Crippen LogP contribution is -2.08. The van der Waals surface area contributed by atoms with Gasteiger partial charge in [0.1, 0.15) is 5.76 Å². The van der Waals surface area contributed by atoms with Crippen LogP contribution < -0.4 is 0 Å². The fourth-order valence-corrected chi connectivity index (χ4v) is 1.94. The van der Waals surface area contributed by atoms with Gasteiger partial charge in [0.05, 0.1) is 19.2 Å². The van der Waals surface area contributed by atoms with E-state index in [1.54, 1.807) is 11.8 Å². The molecule has 4 nitrogen and oxygen atoms in total. The molecular formula is C10H15NO3S. The molecule has 1 rings (SSSR count). The third-order valence-electron chi connectivity index (χ3n) is 1.87. The Kier molecular flexibility index (Phi) is 4.68. The second kappa shape index (κ2) is 5.80. The first-order valence-electron chi connectivity index (χ1n) is 4.72. The van der Waals surface area contributed by atoms with Crippen molar-refractivity contribution in [3.8, 4) is 0 Å². The van der Waals surface area contributed by atoms with E-state index in [0.717, 1.165) is 17.2 Å². The smallest absolute Gasteiger partial charge is 0.306 e. The van der Waals surface area contributed by atoms with E-state index >= 15 is 0 Å². The summed E-state index contributed by atoms with van der Waals surface area (Å²) in [6, 6.07) is 1.90. The highest BCUT2D eigenvalue weighted by molar-refractivity contribution is 7.99. The molecule has 5 heteroatoms. The van der Waals surface area contributed by atoms with Crippen LogP contribution in [0.4, 0.5) is 0 Å². The van der Waals surface area contributed by atoms with Gasteiger partial charge < -0.3 is 9.26 Å². The summed E-state index contributed by atoms with van der Waals surface area (Å²) in [7, 11) is 1.40. The highest BCUT2D eigenvalue weighted by atomic mass is 32.2. The maximum Gasteiger partial charge on any atom is 0.306 e. The number of aryl methyl sites for hydroxylation is 1. The van der Waals surface area contributed by atoms with Crippen molar-refractivity contribution in [2.24, 2.45) is 0 Å². The number of carbonyl (C=O) groups is 1. The van der Waals surface area contributed by atoms with Crippen LogP contribution in [0.5, 0.6) is 0 Å². The van der Waals surface area contributed by atoms with Crippen molar-refractivity contribution < 1.29 is 14.1 Å². The summed E-state index contributed by atoms with van der Waals surface area (Å²) in [4.78, 5) is 11.0. The Morgan fingerprint density at radius 1 is 1.73 bits per heavy atom. The average molecular weight is 229 g/mol. The van der Waals surface area contributed by atoms with Gasteiger partial charge in [0.2, 0.25) is 0 Å². The molecule has 84 valence electrons. The summed E-state index contributed by atoms with van der Waals surface area (Å²) in [6.07, 6.45) is 0.429. The summed E-state index contributed by atoms with van der Waals surface area (Å²) in [5.74, 6) is 1.40. The summed E-state index contributed by atoms with van der Waals surface area (Å²) in [5.41, 5.74) is 0.911. The van der Waals surface area contributed by atoms with E-state index in [-0.39, 0.29) is 11.2 Å². The molecule has 0 N–H and O–H groups in total. The maximum absolute atomic E-state index is 11.0. The van der Waals surface area contributed by atoms with E-state index < -0.39 is 0 Å². The molecule has 1 heterocycles. The van der Waals surface area contributed by atoms with Crippen LogP contribution in [0, 0.1) is 6.92 Å². The van der Waals surface area contributed by atoms with Crippen LogP contribution in [0.15, 0.2) is 10.6 Å². The first-order valence-corrected chi connectivity index (χ1v) is 5.77. The van der Waals surface area contributed by atoms with Crippen molar-refractivity contribution in [1.82, 2.24) is 5.16 Å². The first kappa shape index (κ1) is 12.1. The normalized spacial score (nSPS) is 12.5. The molecule has 0 bridgehead atoms. The molecule has 0 amide bonds. The molecule has 15 heavy (non-hydrogen) atoms. The van der Waals surface area contributed by atoms with E-state index in [2.05, 4.69) is 9.89 Å². The summed E-state index contributed by atoms with van der Waals surface area (Å²) in [5, 5.41) is 4.11. The van der Waals surface area contributed by atoms with Gasteiger partial charge >= 0.3 is 5.97 Å². The predicted octanol–water partition coefficient (Wildman–Crippen LogP) is 2.17. The van der Waals surface area contributed by atoms with Crippen molar-refractivity contribution in [3.63, 3.8) is 0 Å². The number of aromatic nitrogens is 1. The Morgan fingerprint density at radius 3 is 3.00 bits per heavy atom. The molecule has 0 saturated carbocycles. The van der Waals surface area contributed by atoms with E-state index in [9.17, 15) is 4.79 Å². The first-order chi connectivity index (χ1) is 7.11. The van der Waals surface area contributed by atoms with Gasteiger partial charge in [-0.05, 0) is 6.92 Å². The van der Waals surface area contributed by atoms with Crippen LogP contribution in [-0.2, 0) is 15.3 Å². The van der Waals surface area contributed by atoms with Crippen LogP contribution in [0.1, 0.15) is 24.8 Å². The number of rotatable bonds is 5. The maximum atomic E-state index is 11.0. The number of nitrogens with zero attached hydrogens (tertiary/aromatic N) is 1. The van der Waals surface area contributed by atoms with Crippen LogP contribution in [0.2, 0.25) is 0 Å². The Hall–Kier alpha value is -0.970. The van der Waals surface area contributed by atoms with E-state index in [1.165, 1.54) is 7.11 Å². The second-order valence-electron chi connectivity index (χ2n) is 3.33. The summed E-state index contributed by atoms with van der Waals surface area (Å²) >= 11 is 1.66. The second-order valence-corrected chi connectivity index (χ2v) is 4.76. The van der Waals surface area contributed by atoms with Crippen LogP contribution in [-0.4, -0.2) is 23.5 Å². The molecule has 0 radical (unpaired) electrons. The van der Waals surface area contributed by atoms with Gasteiger partial charge in [-0.15, -0.1) is 0 Å². The number of ether oxygens (including phenoxy) is 1. The monoisotopic (exact) mass is 229 g/mol. The van der Waals surface area contributed by atoms with Crippen LogP contribution >= 0.6 is 11.8 Å². The van der Waals surface area contributed by atoms with Crippen molar-refractivity contribution in [3.05, 3.63) is 17.5 Å². The lowest BCUT2D eigenvalue weighted by atomic mass is 10.3. The Labute approximate surface area is 93.3 Å². The Morgan fingerprint density at radius 2 is 2.47 bits per heavy atom. The van der Waals surface area contributed by atoms with E-state index in [0.29, 0.717) is 6.42 Å². The topological polar surface area (TPSA) is 52.3 Å². The minimum absolute atomic E-state index is 0.175. The molecule has 1 unspecified atom stereocenters. The quantitative estimate of drug-likeness (QED) is 0.724. The van der Waals surface area contributed by atoms with E-state index in [4.69, 9.17) is 4.52 Å². The van der Waals surface area contributed by atoms with Gasteiger partial charge in [-0.1, -0.05) is 12.1 Å². The zero-order valence-corrected chi connectivity index (χ0v) is 9.97. The van der Waals surface area contributed by atoms with Crippen molar-refractivity contribution in [2.75, 3.05) is 7.11 Å². The van der Waals surface area contributed by atoms with Crippen molar-refractivity contribution >= 4 is 17.7 Å². The average Bonchev–Trinajstić information content (AvgIpc) is 2.61. The minimum atomic E-state index is -0.175. The number of thioether (sulfide) groups is 1. The third-order valence-corrected chi connectivity index (χ3v) is 3.07. The Bertz CT molecular complexity index is 324. The molecule has 0 aliphatic rings. The van der Waals surface area contributed by atoms with Crippen LogP contribution in [0.3, 0.4) is 0 Å². The van der Waals surface area contributed by atoms with Gasteiger partial charge in [-0.2, -0.15) is 11.8 Å². The SMILES string of the molecule is COC(=O)CC(C)SCc1cc(C)on1. The van der Waals surface area contributed by atoms with Crippen molar-refractivity contribution in [1.29, 1.82) is 0 Å². The van der Waals surface area contributed by atoms with E-state index in [1.807, 2.05) is 19.9 Å². The Balaban J connectivity index is 2.28. The van der Waals surface area contributed by atoms with Gasteiger partial charge in [-0.25, -0.2) is 0 Å². The molecule has 0 spiro atoms. The highest BCUT2D eigenvalue weighted by Crippen LogP contribution is 2.19. The molecular weight excluding hydrogens is 214 g/mol. The molecule has 0 aliphatic carbocycles. The molecule has 1 aromatic rings. The van der Waals surface area contributed by atoms with Crippen molar-refractivity contribution in [2.45, 2.75) is 31.3 Å². The van der Waals surface area contributed by atoms with Gasteiger partial charge in [0.15, 0.2) is 0 Å². The van der Waals surface area contributed by atoms with Gasteiger partial charge in [0.25, 0.3) is 0 Å². The summed E-state index contributed by atoms with van der Waals surface area (Å²) in [6.45, 7) is 3.85. The zero-order chi connectivity index (χ0) is 11.3. The highest BCUT2D eigenvalue weighted by Gasteiger charge is 2.10. The number of esters is 1. The molecule has 0 saturated heterocycles. The number of hydrogen-bond acceptors (Lipinski definition) is 5. The standard InChI is InChI=1S/C10H15NO3S/c1-7-4-9(11-14-7)6-15-8(2)5-10(12)13-3/h4,8H,5-6H2,1-3H3. The number of carbonyl (C=O) groups excluding carboxylic acids is 1. The zero-order valence-electron chi connectivity index (χ0n) is 9.15. The predicted molar refractivity (Wildman–Crippen MR) is 58.6 cm³/mol. The van der Waals surface area contributed by atoms with Crippen LogP contribution in [0.25, 0.3) is 0 Å². The molecule has 1 aromatic heterocycles. The summed E-state index contributed by atoms with van der Waals surface area (Å²) < 4.78 is 9.53. The lowest BCUT2D eigenvalue weighted by Gasteiger charge is -2.07. The number of methoxy groups -OCH3 is 1. The molecule has 0 aliphatic heterocycles. The number of hydrogen-bond donors (Lipinski definition) is 0. The largest absolute Gasteiger partial charge is 0.469 e. The fourth-order valence-electron chi connectivity index (χ4n) is 1.09. The third kappa shape index (κ3) is 4.38. The van der Waals surface area contributed by atoms with Gasteiger partial charge in [-0.3, -0.25) is 4.79 Å². The fraction of sp³-hybridized carbons (Fsp3) is 0.600. The minimum Gasteiger partial charge on any atom is -0.469 e. The molecule has 0 fully saturated rings. The lowest BCUT2D eigenvalue weighted by molar-refractivity contribution is -0.140. The molecule has 0 aromatic carbocycles. The molecule has 1 atom stereocenters. The van der Waals surface area contributed by atoms with Gasteiger partial charge in [0, 0.05) is 17.1 Å².